The van der Waals surface area contributed by atoms with Gasteiger partial charge in [-0.05, 0) is 141 Å². The van der Waals surface area contributed by atoms with E-state index in [1.807, 2.05) is 0 Å². The molecule has 6 aliphatic rings. The van der Waals surface area contributed by atoms with E-state index in [0.717, 1.165) is 9.80 Å². The van der Waals surface area contributed by atoms with Gasteiger partial charge >= 0.3 is 24.1 Å². The van der Waals surface area contributed by atoms with E-state index in [0.29, 0.717) is 33.8 Å². The number of hydrogen-bond acceptors (Lipinski definition) is 30. The number of ether oxygens (including phenoxy) is 14. The standard InChI is InChI=1S/C84H97N7O31/c1-83(2,23-27-118-84(3,4)85)87-72(98)53-30-43(12-22-60(53)120-80-69(96)67(94)68(95)70(122-80)78(105)106)41-117-82(108)91-55-36-64(62(113-9)34-51(55)74(100)89-39-47(32-57(89)76(91)102)45-15-19-49(111-7)20-16-45)115-26-10-25-114-63-35-54-50(33-61(63)112-8)73(99)88-38-46(44-13-17-48(110-6)18-14-44)31-56(88)75(101)90(54)81(107)116-40-42-11-21-59(52(29-42)71(97)86-24-28-109-5)119-79-66(93)58(92)37-65(121-79)77(103)104/h11-22,29-30,33-36,38-39,56-58,65-70,75-76,79-80,92-96,101-102H,10,23-28,31-32,37,40-41,85H2,1-9H3,(H,86,97)(H,87,98)(H,103,104)(H,105,106)/t56?,57-,58-,65-,66+,67-,68-,69+,70-,75?,76?,79+,80?/m0/s1. The van der Waals surface area contributed by atoms with E-state index in [9.17, 15) is 65.1 Å². The smallest absolute Gasteiger partial charge is 0.416 e. The Labute approximate surface area is 698 Å². The number of benzene rings is 6. The number of methoxy groups -OCH3 is 5. The Morgan fingerprint density at radius 1 is 0.525 bits per heavy atom. The average Bonchev–Trinajstić information content (AvgIpc) is 1.60. The van der Waals surface area contributed by atoms with Crippen LogP contribution < -0.4 is 64.1 Å². The van der Waals surface area contributed by atoms with Crippen LogP contribution in [0.5, 0.6) is 46.0 Å². The zero-order valence-corrected chi connectivity index (χ0v) is 67.9. The number of nitrogens with two attached hydrogens (primary N) is 1. The van der Waals surface area contributed by atoms with Gasteiger partial charge in [0.1, 0.15) is 66.4 Å². The van der Waals surface area contributed by atoms with E-state index in [1.54, 1.807) is 88.6 Å². The molecule has 654 valence electrons. The molecule has 12 rings (SSSR count). The van der Waals surface area contributed by atoms with Gasteiger partial charge in [-0.25, -0.2) is 29.0 Å². The van der Waals surface area contributed by atoms with E-state index >= 15 is 19.2 Å². The first-order valence-corrected chi connectivity index (χ1v) is 38.8. The van der Waals surface area contributed by atoms with Gasteiger partial charge in [0.2, 0.25) is 12.6 Å². The summed E-state index contributed by atoms with van der Waals surface area (Å²) in [6.45, 7) is 5.24. The second kappa shape index (κ2) is 38.0. The maximum absolute atomic E-state index is 15.2. The number of nitrogens with one attached hydrogen (secondary N) is 2. The van der Waals surface area contributed by atoms with Crippen LogP contribution in [0.15, 0.2) is 122 Å². The van der Waals surface area contributed by atoms with Crippen LogP contribution in [0, 0.1) is 0 Å². The molecule has 0 aromatic heterocycles. The van der Waals surface area contributed by atoms with Crippen LogP contribution in [0.4, 0.5) is 21.0 Å². The zero-order chi connectivity index (χ0) is 87.9. The second-order valence-electron chi connectivity index (χ2n) is 30.5. The number of aliphatic carboxylic acids is 2. The number of carboxylic acids is 2. The number of aliphatic hydroxyl groups excluding tert-OH is 7. The molecule has 6 aliphatic heterocycles. The topological polar surface area (TPSA) is 511 Å². The Bertz CT molecular complexity index is 4940. The highest BCUT2D eigenvalue weighted by Crippen LogP contribution is 2.47. The first-order valence-electron chi connectivity index (χ1n) is 38.8. The maximum atomic E-state index is 15.2. The molecule has 13 N–H and O–H groups in total. The Morgan fingerprint density at radius 3 is 1.44 bits per heavy atom. The van der Waals surface area contributed by atoms with Crippen molar-refractivity contribution in [3.8, 4) is 46.0 Å². The number of nitrogens with zero attached hydrogens (tertiary/aromatic N) is 4. The number of amides is 6. The molecule has 6 heterocycles. The molecule has 0 spiro atoms. The third-order valence-electron chi connectivity index (χ3n) is 21.1. The van der Waals surface area contributed by atoms with E-state index in [2.05, 4.69) is 10.6 Å². The normalized spacial score (nSPS) is 23.1. The summed E-state index contributed by atoms with van der Waals surface area (Å²) < 4.78 is 80.5. The molecule has 0 aliphatic carbocycles. The highest BCUT2D eigenvalue weighted by molar-refractivity contribution is 6.09. The maximum Gasteiger partial charge on any atom is 0.416 e. The van der Waals surface area contributed by atoms with Crippen molar-refractivity contribution < 1.29 is 151 Å². The summed E-state index contributed by atoms with van der Waals surface area (Å²) in [4.78, 5) is 117. The molecular weight excluding hydrogens is 1600 g/mol. The number of anilines is 2. The van der Waals surface area contributed by atoms with Crippen molar-refractivity contribution in [3.63, 3.8) is 0 Å². The molecule has 38 nitrogen and oxygen atoms in total. The second-order valence-corrected chi connectivity index (χ2v) is 30.5. The molecule has 0 radical (unpaired) electrons. The van der Waals surface area contributed by atoms with Gasteiger partial charge in [-0.15, -0.1) is 0 Å². The lowest BCUT2D eigenvalue weighted by Gasteiger charge is -2.38. The van der Waals surface area contributed by atoms with Crippen molar-refractivity contribution in [1.82, 2.24) is 20.4 Å². The van der Waals surface area contributed by atoms with Gasteiger partial charge < -0.3 is 138 Å². The van der Waals surface area contributed by atoms with Crippen molar-refractivity contribution >= 4 is 70.3 Å². The molecule has 13 atom stereocenters. The number of aliphatic hydroxyl groups is 7. The summed E-state index contributed by atoms with van der Waals surface area (Å²) in [6.07, 6.45) is -20.0. The fraction of sp³-hybridized carbons (Fsp3) is 0.429. The van der Waals surface area contributed by atoms with Crippen LogP contribution in [0.3, 0.4) is 0 Å². The number of carbonyl (C=O) groups excluding carboxylic acids is 6. The number of hydrogen-bond donors (Lipinski definition) is 12. The minimum absolute atomic E-state index is 0.00196. The van der Waals surface area contributed by atoms with Crippen molar-refractivity contribution in [2.75, 3.05) is 78.3 Å². The van der Waals surface area contributed by atoms with Gasteiger partial charge in [0.05, 0.1) is 107 Å². The van der Waals surface area contributed by atoms with Crippen molar-refractivity contribution in [2.45, 2.75) is 164 Å². The quantitative estimate of drug-likeness (QED) is 0.0203. The van der Waals surface area contributed by atoms with Crippen LogP contribution in [-0.2, 0) is 51.2 Å². The van der Waals surface area contributed by atoms with Crippen LogP contribution in [0.2, 0.25) is 0 Å². The highest BCUT2D eigenvalue weighted by atomic mass is 16.7. The number of carbonyl (C=O) groups is 8. The molecule has 38 heteroatoms. The van der Waals surface area contributed by atoms with E-state index in [4.69, 9.17) is 72.0 Å². The first-order chi connectivity index (χ1) is 58.1. The van der Waals surface area contributed by atoms with Gasteiger partial charge in [-0.3, -0.25) is 19.2 Å². The molecule has 6 amide bonds. The number of rotatable bonds is 32. The predicted octanol–water partition coefficient (Wildman–Crippen LogP) is 4.59. The van der Waals surface area contributed by atoms with Gasteiger partial charge in [0.25, 0.3) is 23.6 Å². The third kappa shape index (κ3) is 19.8. The Balaban J connectivity index is 0.817. The van der Waals surface area contributed by atoms with Crippen LogP contribution in [0.25, 0.3) is 11.1 Å². The van der Waals surface area contributed by atoms with Gasteiger partial charge in [0.15, 0.2) is 47.7 Å². The highest BCUT2D eigenvalue weighted by Gasteiger charge is 2.51. The van der Waals surface area contributed by atoms with Gasteiger partial charge in [-0.2, -0.15) is 0 Å². The van der Waals surface area contributed by atoms with Gasteiger partial charge in [-0.1, -0.05) is 36.4 Å². The summed E-state index contributed by atoms with van der Waals surface area (Å²) in [5.41, 5.74) is 5.68. The Morgan fingerprint density at radius 2 is 1.00 bits per heavy atom. The fourth-order valence-corrected chi connectivity index (χ4v) is 14.5. The molecule has 6 aromatic rings. The molecule has 0 saturated carbocycles. The minimum Gasteiger partial charge on any atom is -0.497 e. The number of carboxylic acid groups (broad SMARTS) is 2. The van der Waals surface area contributed by atoms with Crippen LogP contribution in [0.1, 0.15) is 123 Å². The van der Waals surface area contributed by atoms with E-state index < -0.39 is 158 Å². The van der Waals surface area contributed by atoms with Crippen molar-refractivity contribution in [3.05, 3.63) is 166 Å². The summed E-state index contributed by atoms with van der Waals surface area (Å²) >= 11 is 0. The lowest BCUT2D eigenvalue weighted by molar-refractivity contribution is -0.271. The minimum atomic E-state index is -2.07. The molecule has 6 aromatic carbocycles. The molecular formula is C84H97N7O31. The van der Waals surface area contributed by atoms with E-state index in [-0.39, 0.29) is 138 Å². The Kier molecular flexibility index (Phi) is 27.8. The molecule has 2 saturated heterocycles. The SMILES string of the molecule is COCCNC(=O)c1cc(COC(=O)N2c3cc(OCCCOc4cc5c(cc4OC)C(=O)N4C=C(c6ccc(OC)cc6)C[C@H]4C(O)N5C(=O)OCc4ccc(OC5O[C@H](C(=O)O)[C@@H](O)[C@H](O)[C@H]5O)c(C(=O)NC(C)(C)CCOC(C)(C)N)c4)c(OC)cc3C(=O)N3C=C(c4ccc(OC)cc4)CC3C2O)ccc1O[C@@H]1O[C@H](C(=O)O)C[C@H](O)[C@H]1O. The average molecular weight is 1700 g/mol. The first kappa shape index (κ1) is 89.3. The largest absolute Gasteiger partial charge is 0.497 e. The lowest BCUT2D eigenvalue weighted by Crippen LogP contribution is -2.61. The number of fused-ring (bicyclic) bond motifs is 4. The summed E-state index contributed by atoms with van der Waals surface area (Å²) in [5.74, 6) is -5.56. The zero-order valence-electron chi connectivity index (χ0n) is 67.9. The monoisotopic (exact) mass is 1700 g/mol. The lowest BCUT2D eigenvalue weighted by atomic mass is 9.98. The summed E-state index contributed by atoms with van der Waals surface area (Å²) in [5, 5.41) is 104. The van der Waals surface area contributed by atoms with Gasteiger partial charge in [0, 0.05) is 56.6 Å². The van der Waals surface area contributed by atoms with E-state index in [1.165, 1.54) is 106 Å². The van der Waals surface area contributed by atoms with Crippen LogP contribution >= 0.6 is 0 Å². The molecule has 122 heavy (non-hydrogen) atoms. The predicted molar refractivity (Wildman–Crippen MR) is 426 cm³/mol. The molecule has 2 fully saturated rings. The molecule has 4 unspecified atom stereocenters. The Hall–Kier alpha value is -11.9. The van der Waals surface area contributed by atoms with Crippen molar-refractivity contribution in [1.29, 1.82) is 0 Å². The third-order valence-corrected chi connectivity index (χ3v) is 21.1. The van der Waals surface area contributed by atoms with Crippen LogP contribution in [-0.4, -0.2) is 263 Å². The fourth-order valence-electron chi connectivity index (χ4n) is 14.5. The van der Waals surface area contributed by atoms with Crippen molar-refractivity contribution in [2.24, 2.45) is 5.73 Å². The summed E-state index contributed by atoms with van der Waals surface area (Å²) in [6, 6.07) is 24.7. The summed E-state index contributed by atoms with van der Waals surface area (Å²) in [7, 11) is 7.05. The molecule has 0 bridgehead atoms.